The summed E-state index contributed by atoms with van der Waals surface area (Å²) >= 11 is 6.16. The standard InChI is InChI=1S/C22H24ClN5O2/c1-16-4-7-20(26-25-16)27-10-12-28(13-11-27)21(29)22(8-2-3-9-22)30-18-6-5-17(15-24)19(23)14-18/h4-7,14H,2-3,8-13H2,1H3. The molecule has 2 fully saturated rings. The second kappa shape index (κ2) is 8.49. The summed E-state index contributed by atoms with van der Waals surface area (Å²) in [6, 6.07) is 10.9. The summed E-state index contributed by atoms with van der Waals surface area (Å²) in [6.45, 7) is 4.57. The topological polar surface area (TPSA) is 82.4 Å². The highest BCUT2D eigenvalue weighted by molar-refractivity contribution is 6.31. The predicted molar refractivity (Wildman–Crippen MR) is 114 cm³/mol. The number of nitriles is 1. The predicted octanol–water partition coefficient (Wildman–Crippen LogP) is 3.35. The van der Waals surface area contributed by atoms with E-state index in [-0.39, 0.29) is 5.91 Å². The van der Waals surface area contributed by atoms with Gasteiger partial charge in [-0.2, -0.15) is 10.4 Å². The molecule has 156 valence electrons. The summed E-state index contributed by atoms with van der Waals surface area (Å²) in [7, 11) is 0. The molecule has 2 aliphatic rings. The normalized spacial score (nSPS) is 18.2. The molecule has 1 aromatic heterocycles. The molecule has 7 nitrogen and oxygen atoms in total. The van der Waals surface area contributed by atoms with Crippen molar-refractivity contribution in [3.8, 4) is 11.8 Å². The molecule has 0 N–H and O–H groups in total. The Morgan fingerprint density at radius 2 is 1.87 bits per heavy atom. The van der Waals surface area contributed by atoms with E-state index in [2.05, 4.69) is 15.1 Å². The van der Waals surface area contributed by atoms with Crippen molar-refractivity contribution in [2.75, 3.05) is 31.1 Å². The number of hydrogen-bond acceptors (Lipinski definition) is 6. The first-order valence-corrected chi connectivity index (χ1v) is 10.6. The van der Waals surface area contributed by atoms with Gasteiger partial charge in [0.2, 0.25) is 0 Å². The van der Waals surface area contributed by atoms with Crippen LogP contribution >= 0.6 is 11.6 Å². The van der Waals surface area contributed by atoms with Crippen LogP contribution in [-0.2, 0) is 4.79 Å². The molecule has 0 spiro atoms. The van der Waals surface area contributed by atoms with E-state index in [0.29, 0.717) is 55.4 Å². The zero-order valence-electron chi connectivity index (χ0n) is 17.0. The third-order valence-corrected chi connectivity index (χ3v) is 6.16. The maximum atomic E-state index is 13.5. The molecule has 4 rings (SSSR count). The monoisotopic (exact) mass is 425 g/mol. The van der Waals surface area contributed by atoms with Gasteiger partial charge in [-0.05, 0) is 56.9 Å². The summed E-state index contributed by atoms with van der Waals surface area (Å²) in [5, 5.41) is 17.8. The van der Waals surface area contributed by atoms with Gasteiger partial charge >= 0.3 is 0 Å². The van der Waals surface area contributed by atoms with Gasteiger partial charge in [0.1, 0.15) is 11.8 Å². The number of aryl methyl sites for hydroxylation is 1. The van der Waals surface area contributed by atoms with Crippen molar-refractivity contribution >= 4 is 23.3 Å². The molecule has 30 heavy (non-hydrogen) atoms. The second-order valence-corrected chi connectivity index (χ2v) is 8.28. The van der Waals surface area contributed by atoms with Gasteiger partial charge in [-0.3, -0.25) is 4.79 Å². The van der Waals surface area contributed by atoms with Crippen molar-refractivity contribution < 1.29 is 9.53 Å². The number of carbonyl (C=O) groups is 1. The average molecular weight is 426 g/mol. The Morgan fingerprint density at radius 1 is 1.13 bits per heavy atom. The number of halogens is 1. The van der Waals surface area contributed by atoms with Crippen LogP contribution in [0.5, 0.6) is 5.75 Å². The fourth-order valence-corrected chi connectivity index (χ4v) is 4.38. The Labute approximate surface area is 181 Å². The Hall–Kier alpha value is -2.85. The minimum absolute atomic E-state index is 0.0372. The lowest BCUT2D eigenvalue weighted by molar-refractivity contribution is -0.148. The number of nitrogens with zero attached hydrogens (tertiary/aromatic N) is 5. The first-order chi connectivity index (χ1) is 14.5. The van der Waals surface area contributed by atoms with Crippen LogP contribution in [0.3, 0.4) is 0 Å². The van der Waals surface area contributed by atoms with Crippen LogP contribution < -0.4 is 9.64 Å². The largest absolute Gasteiger partial charge is 0.477 e. The van der Waals surface area contributed by atoms with E-state index in [1.165, 1.54) is 0 Å². The van der Waals surface area contributed by atoms with Crippen LogP contribution in [0.15, 0.2) is 30.3 Å². The molecular formula is C22H24ClN5O2. The molecule has 0 atom stereocenters. The van der Waals surface area contributed by atoms with Crippen molar-refractivity contribution in [2.45, 2.75) is 38.2 Å². The molecule has 2 aromatic rings. The minimum atomic E-state index is -0.858. The summed E-state index contributed by atoms with van der Waals surface area (Å²) in [5.41, 5.74) is 0.422. The van der Waals surface area contributed by atoms with Gasteiger partial charge in [0.05, 0.1) is 16.3 Å². The number of aromatic nitrogens is 2. The maximum Gasteiger partial charge on any atom is 0.266 e. The Bertz CT molecular complexity index is 958. The van der Waals surface area contributed by atoms with E-state index in [4.69, 9.17) is 21.6 Å². The molecule has 0 radical (unpaired) electrons. The molecule has 0 bridgehead atoms. The Morgan fingerprint density at radius 3 is 2.47 bits per heavy atom. The summed E-state index contributed by atoms with van der Waals surface area (Å²) in [4.78, 5) is 17.5. The van der Waals surface area contributed by atoms with Crippen LogP contribution in [0.2, 0.25) is 5.02 Å². The minimum Gasteiger partial charge on any atom is -0.477 e. The molecule has 1 aliphatic heterocycles. The average Bonchev–Trinajstić information content (AvgIpc) is 3.24. The van der Waals surface area contributed by atoms with Crippen molar-refractivity contribution in [1.82, 2.24) is 15.1 Å². The number of piperazine rings is 1. The zero-order chi connectivity index (χ0) is 21.1. The Balaban J connectivity index is 1.46. The van der Waals surface area contributed by atoms with Crippen LogP contribution in [0.1, 0.15) is 36.9 Å². The van der Waals surface area contributed by atoms with Gasteiger partial charge in [-0.25, -0.2) is 0 Å². The number of amides is 1. The van der Waals surface area contributed by atoms with Crippen LogP contribution in [0.25, 0.3) is 0 Å². The van der Waals surface area contributed by atoms with E-state index < -0.39 is 5.60 Å². The summed E-state index contributed by atoms with van der Waals surface area (Å²) in [5.74, 6) is 1.41. The lowest BCUT2D eigenvalue weighted by Crippen LogP contribution is -2.57. The first kappa shape index (κ1) is 20.4. The van der Waals surface area contributed by atoms with E-state index >= 15 is 0 Å². The second-order valence-electron chi connectivity index (χ2n) is 7.87. The van der Waals surface area contributed by atoms with Gasteiger partial charge < -0.3 is 14.5 Å². The molecular weight excluding hydrogens is 402 g/mol. The summed E-state index contributed by atoms with van der Waals surface area (Å²) < 4.78 is 6.26. The highest BCUT2D eigenvalue weighted by atomic mass is 35.5. The van der Waals surface area contributed by atoms with Gasteiger partial charge in [0.25, 0.3) is 5.91 Å². The van der Waals surface area contributed by atoms with E-state index in [1.807, 2.05) is 30.0 Å². The number of benzene rings is 1. The third-order valence-electron chi connectivity index (χ3n) is 5.85. The molecule has 0 unspecified atom stereocenters. The molecule has 8 heteroatoms. The van der Waals surface area contributed by atoms with Crippen LogP contribution in [-0.4, -0.2) is 52.8 Å². The molecule has 1 aromatic carbocycles. The smallest absolute Gasteiger partial charge is 0.266 e. The SMILES string of the molecule is Cc1ccc(N2CCN(C(=O)C3(Oc4ccc(C#N)c(Cl)c4)CCCC3)CC2)nn1. The van der Waals surface area contributed by atoms with Crippen molar-refractivity contribution in [3.63, 3.8) is 0 Å². The number of carbonyl (C=O) groups excluding carboxylic acids is 1. The Kier molecular flexibility index (Phi) is 5.78. The lowest BCUT2D eigenvalue weighted by Gasteiger charge is -2.40. The molecule has 1 aliphatic carbocycles. The lowest BCUT2D eigenvalue weighted by atomic mass is 9.99. The fraction of sp³-hybridized carbons (Fsp3) is 0.455. The van der Waals surface area contributed by atoms with Gasteiger partial charge in [0.15, 0.2) is 11.4 Å². The molecule has 1 saturated carbocycles. The van der Waals surface area contributed by atoms with Crippen molar-refractivity contribution in [1.29, 1.82) is 5.26 Å². The third kappa shape index (κ3) is 4.05. The number of anilines is 1. The van der Waals surface area contributed by atoms with E-state index in [9.17, 15) is 4.79 Å². The van der Waals surface area contributed by atoms with Gasteiger partial charge in [-0.1, -0.05) is 11.6 Å². The number of rotatable bonds is 4. The number of ether oxygens (including phenoxy) is 1. The highest BCUT2D eigenvalue weighted by Gasteiger charge is 2.46. The fourth-order valence-electron chi connectivity index (χ4n) is 4.17. The van der Waals surface area contributed by atoms with E-state index in [1.54, 1.807) is 18.2 Å². The van der Waals surface area contributed by atoms with Crippen LogP contribution in [0, 0.1) is 18.3 Å². The number of hydrogen-bond donors (Lipinski definition) is 0. The summed E-state index contributed by atoms with van der Waals surface area (Å²) in [6.07, 6.45) is 3.28. The molecule has 2 heterocycles. The van der Waals surface area contributed by atoms with Gasteiger partial charge in [-0.15, -0.1) is 5.10 Å². The molecule has 1 amide bonds. The maximum absolute atomic E-state index is 13.5. The zero-order valence-corrected chi connectivity index (χ0v) is 17.7. The quantitative estimate of drug-likeness (QED) is 0.747. The molecule has 1 saturated heterocycles. The first-order valence-electron chi connectivity index (χ1n) is 10.2. The van der Waals surface area contributed by atoms with E-state index in [0.717, 1.165) is 24.4 Å². The van der Waals surface area contributed by atoms with Gasteiger partial charge in [0, 0.05) is 32.2 Å². The van der Waals surface area contributed by atoms with Crippen molar-refractivity contribution in [2.24, 2.45) is 0 Å². The highest BCUT2D eigenvalue weighted by Crippen LogP contribution is 2.37. The van der Waals surface area contributed by atoms with Crippen molar-refractivity contribution in [3.05, 3.63) is 46.6 Å². The van der Waals surface area contributed by atoms with Crippen LogP contribution in [0.4, 0.5) is 5.82 Å².